The zero-order valence-electron chi connectivity index (χ0n) is 11.4. The second-order valence-electron chi connectivity index (χ2n) is 4.60. The number of rotatable bonds is 2. The molecule has 1 amide bonds. The van der Waals surface area contributed by atoms with E-state index in [1.165, 1.54) is 17.8 Å². The van der Waals surface area contributed by atoms with E-state index in [-0.39, 0.29) is 17.4 Å². The van der Waals surface area contributed by atoms with Crippen molar-refractivity contribution in [3.05, 3.63) is 59.0 Å². The van der Waals surface area contributed by atoms with Crippen molar-refractivity contribution in [2.75, 3.05) is 0 Å². The number of hydrogen-bond donors (Lipinski definition) is 3. The van der Waals surface area contributed by atoms with E-state index in [1.807, 2.05) is 0 Å². The number of amides is 1. The highest BCUT2D eigenvalue weighted by Crippen LogP contribution is 2.29. The van der Waals surface area contributed by atoms with Crippen LogP contribution in [0.3, 0.4) is 0 Å². The van der Waals surface area contributed by atoms with E-state index in [0.29, 0.717) is 15.8 Å². The largest absolute Gasteiger partial charge is 0.508 e. The smallest absolute Gasteiger partial charge is 0.264 e. The van der Waals surface area contributed by atoms with E-state index >= 15 is 0 Å². The summed E-state index contributed by atoms with van der Waals surface area (Å²) in [5.41, 5.74) is 1.29. The maximum absolute atomic E-state index is 11.9. The first-order valence-corrected chi connectivity index (χ1v) is 7.29. The minimum atomic E-state index is -0.243. The molecule has 0 spiro atoms. The second kappa shape index (κ2) is 5.95. The molecule has 22 heavy (non-hydrogen) atoms. The van der Waals surface area contributed by atoms with Gasteiger partial charge in [-0.1, -0.05) is 18.2 Å². The molecule has 6 heteroatoms. The van der Waals surface area contributed by atoms with E-state index in [0.717, 1.165) is 5.56 Å². The Morgan fingerprint density at radius 1 is 1.05 bits per heavy atom. The molecular weight excluding hydrogens is 300 g/mol. The van der Waals surface area contributed by atoms with Gasteiger partial charge >= 0.3 is 0 Å². The number of aliphatic imine (C=N–C) groups is 1. The van der Waals surface area contributed by atoms with Crippen LogP contribution in [0.2, 0.25) is 0 Å². The number of phenolic OH excluding ortho intramolecular Hbond substituents is 2. The van der Waals surface area contributed by atoms with Crippen molar-refractivity contribution < 1.29 is 15.0 Å². The number of hydrogen-bond acceptors (Lipinski definition) is 5. The summed E-state index contributed by atoms with van der Waals surface area (Å²) < 4.78 is 0. The summed E-state index contributed by atoms with van der Waals surface area (Å²) in [7, 11) is 0. The van der Waals surface area contributed by atoms with Gasteiger partial charge in [-0.3, -0.25) is 4.79 Å². The van der Waals surface area contributed by atoms with Crippen molar-refractivity contribution in [1.82, 2.24) is 5.32 Å². The molecule has 1 fully saturated rings. The maximum atomic E-state index is 11.9. The van der Waals surface area contributed by atoms with Gasteiger partial charge in [-0.25, -0.2) is 4.99 Å². The Morgan fingerprint density at radius 2 is 1.77 bits per heavy atom. The van der Waals surface area contributed by atoms with Gasteiger partial charge < -0.3 is 15.5 Å². The molecule has 110 valence electrons. The van der Waals surface area contributed by atoms with E-state index in [9.17, 15) is 15.0 Å². The van der Waals surface area contributed by atoms with Crippen molar-refractivity contribution in [2.24, 2.45) is 4.99 Å². The summed E-state index contributed by atoms with van der Waals surface area (Å²) in [5, 5.41) is 22.0. The van der Waals surface area contributed by atoms with Gasteiger partial charge in [0.15, 0.2) is 5.17 Å². The zero-order chi connectivity index (χ0) is 15.5. The van der Waals surface area contributed by atoms with Crippen LogP contribution in [0.15, 0.2) is 58.4 Å². The lowest BCUT2D eigenvalue weighted by atomic mass is 10.2. The highest BCUT2D eigenvalue weighted by molar-refractivity contribution is 8.18. The van der Waals surface area contributed by atoms with Crippen molar-refractivity contribution in [3.63, 3.8) is 0 Å². The van der Waals surface area contributed by atoms with Crippen LogP contribution in [0, 0.1) is 0 Å². The van der Waals surface area contributed by atoms with Crippen LogP contribution in [0.1, 0.15) is 5.56 Å². The molecule has 1 saturated heterocycles. The van der Waals surface area contributed by atoms with Crippen molar-refractivity contribution in [1.29, 1.82) is 0 Å². The van der Waals surface area contributed by atoms with Crippen molar-refractivity contribution in [2.45, 2.75) is 0 Å². The van der Waals surface area contributed by atoms with E-state index in [2.05, 4.69) is 10.3 Å². The summed E-state index contributed by atoms with van der Waals surface area (Å²) in [6, 6.07) is 13.1. The number of phenols is 2. The van der Waals surface area contributed by atoms with Gasteiger partial charge in [0.2, 0.25) is 0 Å². The monoisotopic (exact) mass is 312 g/mol. The molecule has 3 N–H and O–H groups in total. The normalized spacial score (nSPS) is 17.9. The molecule has 0 bridgehead atoms. The lowest BCUT2D eigenvalue weighted by molar-refractivity contribution is -0.115. The highest BCUT2D eigenvalue weighted by Gasteiger charge is 2.23. The van der Waals surface area contributed by atoms with Gasteiger partial charge in [0, 0.05) is 6.07 Å². The molecule has 2 aromatic carbocycles. The summed E-state index contributed by atoms with van der Waals surface area (Å²) in [6.45, 7) is 0. The molecule has 2 aromatic rings. The molecule has 5 nitrogen and oxygen atoms in total. The van der Waals surface area contributed by atoms with Crippen molar-refractivity contribution in [3.8, 4) is 11.5 Å². The van der Waals surface area contributed by atoms with Gasteiger partial charge in [0.1, 0.15) is 11.5 Å². The number of aromatic hydroxyl groups is 2. The lowest BCUT2D eigenvalue weighted by Crippen LogP contribution is -2.19. The van der Waals surface area contributed by atoms with Gasteiger partial charge in [0.05, 0.1) is 10.6 Å². The SMILES string of the molecule is O=C1NC(=Nc2cccc(O)c2)S/C1=C\c1cccc(O)c1. The number of carbonyl (C=O) groups excluding carboxylic acids is 1. The molecule has 0 radical (unpaired) electrons. The molecule has 1 aliphatic heterocycles. The zero-order valence-corrected chi connectivity index (χ0v) is 12.2. The first-order valence-electron chi connectivity index (χ1n) is 6.48. The second-order valence-corrected chi connectivity index (χ2v) is 5.63. The Morgan fingerprint density at radius 3 is 2.50 bits per heavy atom. The minimum Gasteiger partial charge on any atom is -0.508 e. The summed E-state index contributed by atoms with van der Waals surface area (Å²) in [4.78, 5) is 16.7. The first kappa shape index (κ1) is 14.2. The Hall–Kier alpha value is -2.73. The summed E-state index contributed by atoms with van der Waals surface area (Å²) in [5.74, 6) is 0.0188. The van der Waals surface area contributed by atoms with Gasteiger partial charge in [-0.15, -0.1) is 0 Å². The molecular formula is C16H12N2O3S. The number of amidine groups is 1. The van der Waals surface area contributed by atoms with Crippen LogP contribution in [0.4, 0.5) is 5.69 Å². The molecule has 0 atom stereocenters. The van der Waals surface area contributed by atoms with E-state index < -0.39 is 0 Å². The Kier molecular flexibility index (Phi) is 3.84. The van der Waals surface area contributed by atoms with Crippen LogP contribution in [-0.2, 0) is 4.79 Å². The Bertz CT molecular complexity index is 799. The maximum Gasteiger partial charge on any atom is 0.264 e. The molecule has 1 heterocycles. The number of carbonyl (C=O) groups is 1. The predicted octanol–water partition coefficient (Wildman–Crippen LogP) is 2.99. The average Bonchev–Trinajstić information content (AvgIpc) is 2.79. The Balaban J connectivity index is 1.84. The molecule has 0 aromatic heterocycles. The third kappa shape index (κ3) is 3.29. The van der Waals surface area contributed by atoms with Crippen LogP contribution in [0.25, 0.3) is 6.08 Å². The van der Waals surface area contributed by atoms with Crippen LogP contribution in [-0.4, -0.2) is 21.3 Å². The summed E-state index contributed by atoms with van der Waals surface area (Å²) in [6.07, 6.45) is 1.69. The topological polar surface area (TPSA) is 81.9 Å². The molecule has 1 aliphatic rings. The fourth-order valence-corrected chi connectivity index (χ4v) is 2.77. The van der Waals surface area contributed by atoms with E-state index in [1.54, 1.807) is 48.5 Å². The fourth-order valence-electron chi connectivity index (χ4n) is 1.93. The fraction of sp³-hybridized carbons (Fsp3) is 0. The minimum absolute atomic E-state index is 0.117. The van der Waals surface area contributed by atoms with Crippen LogP contribution < -0.4 is 5.32 Å². The molecule has 3 rings (SSSR count). The van der Waals surface area contributed by atoms with Gasteiger partial charge in [0.25, 0.3) is 5.91 Å². The number of thioether (sulfide) groups is 1. The van der Waals surface area contributed by atoms with Gasteiger partial charge in [-0.2, -0.15) is 0 Å². The summed E-state index contributed by atoms with van der Waals surface area (Å²) >= 11 is 1.21. The number of nitrogens with one attached hydrogen (secondary N) is 1. The molecule has 0 unspecified atom stereocenters. The third-order valence-corrected chi connectivity index (χ3v) is 3.79. The average molecular weight is 312 g/mol. The highest BCUT2D eigenvalue weighted by atomic mass is 32.2. The molecule has 0 saturated carbocycles. The first-order chi connectivity index (χ1) is 10.6. The number of benzene rings is 2. The third-order valence-electron chi connectivity index (χ3n) is 2.88. The quantitative estimate of drug-likeness (QED) is 0.745. The lowest BCUT2D eigenvalue weighted by Gasteiger charge is -1.97. The van der Waals surface area contributed by atoms with Crippen LogP contribution in [0.5, 0.6) is 11.5 Å². The van der Waals surface area contributed by atoms with Crippen molar-refractivity contribution >= 4 is 34.6 Å². The number of nitrogens with zero attached hydrogens (tertiary/aromatic N) is 1. The Labute approximate surface area is 131 Å². The van der Waals surface area contributed by atoms with Crippen LogP contribution >= 0.6 is 11.8 Å². The standard InChI is InChI=1S/C16H12N2O3S/c19-12-5-1-3-10(7-12)8-14-15(21)18-16(22-14)17-11-4-2-6-13(20)9-11/h1-9,19-20H,(H,17,18,21)/b14-8-. The van der Waals surface area contributed by atoms with Gasteiger partial charge in [-0.05, 0) is 47.7 Å². The van der Waals surface area contributed by atoms with E-state index in [4.69, 9.17) is 0 Å². The predicted molar refractivity (Wildman–Crippen MR) is 87.0 cm³/mol. The molecule has 0 aliphatic carbocycles.